The van der Waals surface area contributed by atoms with Crippen molar-refractivity contribution in [2.45, 2.75) is 31.5 Å². The van der Waals surface area contributed by atoms with Crippen LogP contribution in [0.5, 0.6) is 0 Å². The van der Waals surface area contributed by atoms with Gasteiger partial charge in [-0.05, 0) is 44.1 Å². The van der Waals surface area contributed by atoms with Gasteiger partial charge in [0.25, 0.3) is 0 Å². The van der Waals surface area contributed by atoms with Crippen LogP contribution < -0.4 is 11.1 Å². The van der Waals surface area contributed by atoms with Crippen molar-refractivity contribution in [1.29, 1.82) is 0 Å². The van der Waals surface area contributed by atoms with Crippen LogP contribution in [0.25, 0.3) is 0 Å². The third kappa shape index (κ3) is 6.85. The van der Waals surface area contributed by atoms with Crippen LogP contribution in [0.3, 0.4) is 0 Å². The topological polar surface area (TPSA) is 56.5 Å². The average molecular weight is 323 g/mol. The van der Waals surface area contributed by atoms with E-state index in [1.165, 1.54) is 5.56 Å². The Hall–Kier alpha value is -0.983. The molecule has 1 aromatic rings. The van der Waals surface area contributed by atoms with E-state index in [4.69, 9.17) is 14.6 Å². The van der Waals surface area contributed by atoms with Crippen LogP contribution in [-0.4, -0.2) is 35.4 Å². The number of benzene rings is 1. The molecule has 2 unspecified atom stereocenters. The highest BCUT2D eigenvalue weighted by atomic mass is 28.4. The Morgan fingerprint density at radius 3 is 2.64 bits per heavy atom. The summed E-state index contributed by atoms with van der Waals surface area (Å²) in [6, 6.07) is 11.5. The maximum atomic E-state index is 5.93. The Labute approximate surface area is 136 Å². The zero-order valence-corrected chi connectivity index (χ0v) is 14.9. The summed E-state index contributed by atoms with van der Waals surface area (Å²) in [5.74, 6) is 0. The van der Waals surface area contributed by atoms with Crippen LogP contribution in [0.2, 0.25) is 12.6 Å². The second-order valence-electron chi connectivity index (χ2n) is 5.51. The van der Waals surface area contributed by atoms with Gasteiger partial charge in [0.2, 0.25) is 0 Å². The van der Waals surface area contributed by atoms with Crippen molar-refractivity contribution in [3.8, 4) is 0 Å². The van der Waals surface area contributed by atoms with E-state index in [9.17, 15) is 0 Å². The van der Waals surface area contributed by atoms with Crippen molar-refractivity contribution in [2.24, 2.45) is 5.73 Å². The first-order chi connectivity index (χ1) is 10.6. The summed E-state index contributed by atoms with van der Waals surface area (Å²) in [7, 11) is -0.295. The average Bonchev–Trinajstić information content (AvgIpc) is 2.56. The Morgan fingerprint density at radius 2 is 2.05 bits per heavy atom. The van der Waals surface area contributed by atoms with E-state index in [0.29, 0.717) is 13.2 Å². The molecule has 2 atom stereocenters. The van der Waals surface area contributed by atoms with Crippen LogP contribution >= 0.6 is 0 Å². The highest BCUT2D eigenvalue weighted by Crippen LogP contribution is 2.17. The van der Waals surface area contributed by atoms with E-state index < -0.39 is 8.56 Å². The van der Waals surface area contributed by atoms with Gasteiger partial charge < -0.3 is 19.9 Å². The largest absolute Gasteiger partial charge is 0.398 e. The Bertz CT molecular complexity index is 416. The van der Waals surface area contributed by atoms with Gasteiger partial charge in [-0.1, -0.05) is 36.4 Å². The minimum atomic E-state index is -2.04. The van der Waals surface area contributed by atoms with Crippen molar-refractivity contribution in [1.82, 2.24) is 5.32 Å². The summed E-state index contributed by atoms with van der Waals surface area (Å²) >= 11 is 0. The zero-order valence-electron chi connectivity index (χ0n) is 13.9. The van der Waals surface area contributed by atoms with Crippen LogP contribution in [0.1, 0.15) is 24.4 Å². The lowest BCUT2D eigenvalue weighted by molar-refractivity contribution is 0.202. The maximum Gasteiger partial charge on any atom is 0.334 e. The monoisotopic (exact) mass is 322 g/mol. The van der Waals surface area contributed by atoms with Gasteiger partial charge in [-0.2, -0.15) is 0 Å². The molecule has 3 N–H and O–H groups in total. The molecular weight excluding hydrogens is 292 g/mol. The zero-order chi connectivity index (χ0) is 16.3. The summed E-state index contributed by atoms with van der Waals surface area (Å²) in [5.41, 5.74) is 6.74. The molecule has 4 nitrogen and oxygen atoms in total. The summed E-state index contributed by atoms with van der Waals surface area (Å²) in [4.78, 5) is 0. The standard InChI is InChI=1S/C17H30N2O2Si/c1-4-17(16-10-6-5-7-11-16)19-13-9-15-22(3,20-2)21-14-8-12-18/h4-7,10-11,17,19H,1,8-9,12-15,18H2,2-3H3. The van der Waals surface area contributed by atoms with Gasteiger partial charge >= 0.3 is 8.56 Å². The molecule has 0 bridgehead atoms. The molecule has 0 aromatic heterocycles. The molecule has 5 heteroatoms. The molecule has 124 valence electrons. The number of nitrogens with one attached hydrogen (secondary N) is 1. The van der Waals surface area contributed by atoms with E-state index in [0.717, 1.165) is 25.4 Å². The van der Waals surface area contributed by atoms with Gasteiger partial charge in [-0.25, -0.2) is 0 Å². The van der Waals surface area contributed by atoms with Crippen molar-refractivity contribution in [3.63, 3.8) is 0 Å². The normalized spacial score (nSPS) is 15.2. The number of hydrogen-bond donors (Lipinski definition) is 2. The first-order valence-corrected chi connectivity index (χ1v) is 10.5. The van der Waals surface area contributed by atoms with Crippen LogP contribution in [0.15, 0.2) is 43.0 Å². The third-order valence-corrected chi connectivity index (χ3v) is 6.69. The molecule has 0 saturated carbocycles. The second kappa shape index (κ2) is 10.7. The van der Waals surface area contributed by atoms with Crippen LogP contribution in [0, 0.1) is 0 Å². The highest BCUT2D eigenvalue weighted by molar-refractivity contribution is 6.65. The van der Waals surface area contributed by atoms with E-state index in [1.54, 1.807) is 7.11 Å². The lowest BCUT2D eigenvalue weighted by Crippen LogP contribution is -2.38. The first kappa shape index (κ1) is 19.1. The van der Waals surface area contributed by atoms with Crippen molar-refractivity contribution < 1.29 is 8.85 Å². The molecule has 22 heavy (non-hydrogen) atoms. The lowest BCUT2D eigenvalue weighted by atomic mass is 10.1. The van der Waals surface area contributed by atoms with E-state index in [-0.39, 0.29) is 6.04 Å². The molecule has 0 saturated heterocycles. The highest BCUT2D eigenvalue weighted by Gasteiger charge is 2.29. The number of rotatable bonds is 12. The quantitative estimate of drug-likeness (QED) is 0.353. The molecule has 0 amide bonds. The van der Waals surface area contributed by atoms with Crippen molar-refractivity contribution in [2.75, 3.05) is 26.8 Å². The molecule has 1 aromatic carbocycles. The molecule has 0 fully saturated rings. The van der Waals surface area contributed by atoms with Gasteiger partial charge in [-0.15, -0.1) is 6.58 Å². The smallest absolute Gasteiger partial charge is 0.334 e. The van der Waals surface area contributed by atoms with Gasteiger partial charge in [0, 0.05) is 13.7 Å². The Kier molecular flexibility index (Phi) is 9.27. The van der Waals surface area contributed by atoms with Crippen molar-refractivity contribution >= 4 is 8.56 Å². The Balaban J connectivity index is 2.34. The Morgan fingerprint density at radius 1 is 1.32 bits per heavy atom. The minimum absolute atomic E-state index is 0.190. The van der Waals surface area contributed by atoms with Crippen molar-refractivity contribution in [3.05, 3.63) is 48.6 Å². The van der Waals surface area contributed by atoms with Crippen LogP contribution in [-0.2, 0) is 8.85 Å². The number of nitrogens with two attached hydrogens (primary N) is 1. The van der Waals surface area contributed by atoms with Crippen LogP contribution in [0.4, 0.5) is 0 Å². The fourth-order valence-electron chi connectivity index (χ4n) is 2.27. The summed E-state index contributed by atoms with van der Waals surface area (Å²) < 4.78 is 11.6. The lowest BCUT2D eigenvalue weighted by Gasteiger charge is -2.25. The molecule has 0 spiro atoms. The predicted molar refractivity (Wildman–Crippen MR) is 95.1 cm³/mol. The molecular formula is C17H30N2O2Si. The minimum Gasteiger partial charge on any atom is -0.398 e. The maximum absolute atomic E-state index is 5.93. The van der Waals surface area contributed by atoms with E-state index >= 15 is 0 Å². The summed E-state index contributed by atoms with van der Waals surface area (Å²) in [5, 5.41) is 3.52. The van der Waals surface area contributed by atoms with E-state index in [2.05, 4.69) is 30.6 Å². The fraction of sp³-hybridized carbons (Fsp3) is 0.529. The summed E-state index contributed by atoms with van der Waals surface area (Å²) in [6.45, 7) is 8.30. The SMILES string of the molecule is C=CC(NCCC[Si](C)(OC)OCCCN)c1ccccc1. The fourth-order valence-corrected chi connectivity index (χ4v) is 4.13. The molecule has 1 rings (SSSR count). The van der Waals surface area contributed by atoms with E-state index in [1.807, 2.05) is 24.3 Å². The number of hydrogen-bond acceptors (Lipinski definition) is 4. The molecule has 0 aliphatic heterocycles. The first-order valence-electron chi connectivity index (χ1n) is 7.95. The molecule has 0 aliphatic carbocycles. The summed E-state index contributed by atoms with van der Waals surface area (Å²) in [6.07, 6.45) is 3.85. The van der Waals surface area contributed by atoms with Gasteiger partial charge in [0.1, 0.15) is 0 Å². The molecule has 0 radical (unpaired) electrons. The van der Waals surface area contributed by atoms with Gasteiger partial charge in [0.15, 0.2) is 0 Å². The third-order valence-electron chi connectivity index (χ3n) is 3.75. The predicted octanol–water partition coefficient (Wildman–Crippen LogP) is 2.98. The molecule has 0 heterocycles. The van der Waals surface area contributed by atoms with Gasteiger partial charge in [0.05, 0.1) is 6.04 Å². The molecule has 0 aliphatic rings. The van der Waals surface area contributed by atoms with Gasteiger partial charge in [-0.3, -0.25) is 0 Å². The second-order valence-corrected chi connectivity index (χ2v) is 8.97.